The second-order valence-corrected chi connectivity index (χ2v) is 10.1. The van der Waals surface area contributed by atoms with Gasteiger partial charge in [-0.15, -0.1) is 0 Å². The fraction of sp³-hybridized carbons (Fsp3) is 0.464. The number of hydrogen-bond donors (Lipinski definition) is 8. The number of aliphatic hydroxyl groups is 8. The Hall–Kier alpha value is -3.35. The standard InChI is InChI=1S/C28H32O15/c1-38-11-6-16-20(17(7-11)41-28-26(37)24(35)22(33)19(10-30)43-28)13(31)8-15(39-16)12-4-2-3-5-14(12)40-27-25(36)23(34)21(32)18(9-29)42-27/h2-8,18-19,21-30,32-37H,9-10H2,1H3/t18-,19-,21-,22-,23+,24+,25-,26-,27-,28-/m1/s1. The summed E-state index contributed by atoms with van der Waals surface area (Å²) in [5.74, 6) is 0.0998. The van der Waals surface area contributed by atoms with E-state index in [4.69, 9.17) is 28.1 Å². The fourth-order valence-electron chi connectivity index (χ4n) is 4.92. The van der Waals surface area contributed by atoms with E-state index >= 15 is 0 Å². The van der Waals surface area contributed by atoms with Crippen molar-refractivity contribution in [1.29, 1.82) is 0 Å². The number of hydrogen-bond acceptors (Lipinski definition) is 15. The summed E-state index contributed by atoms with van der Waals surface area (Å²) in [6.07, 6.45) is -15.5. The minimum Gasteiger partial charge on any atom is -0.496 e. The Balaban J connectivity index is 1.51. The molecule has 0 aliphatic carbocycles. The molecule has 0 bridgehead atoms. The number of methoxy groups -OCH3 is 1. The summed E-state index contributed by atoms with van der Waals surface area (Å²) in [6, 6.07) is 10.1. The first-order valence-corrected chi connectivity index (χ1v) is 13.3. The van der Waals surface area contributed by atoms with Crippen LogP contribution in [-0.4, -0.2) is 123 Å². The van der Waals surface area contributed by atoms with Gasteiger partial charge in [0, 0.05) is 18.2 Å². The smallest absolute Gasteiger partial charge is 0.229 e. The van der Waals surface area contributed by atoms with Crippen LogP contribution < -0.4 is 19.6 Å². The maximum atomic E-state index is 13.5. The molecule has 2 aromatic carbocycles. The molecule has 0 amide bonds. The van der Waals surface area contributed by atoms with E-state index in [1.165, 1.54) is 25.3 Å². The van der Waals surface area contributed by atoms with Crippen LogP contribution in [0.4, 0.5) is 0 Å². The van der Waals surface area contributed by atoms with E-state index in [0.29, 0.717) is 0 Å². The van der Waals surface area contributed by atoms with Crippen molar-refractivity contribution in [3.8, 4) is 28.6 Å². The molecule has 234 valence electrons. The summed E-state index contributed by atoms with van der Waals surface area (Å²) in [7, 11) is 1.35. The fourth-order valence-corrected chi connectivity index (χ4v) is 4.92. The topological polar surface area (TPSA) is 238 Å². The van der Waals surface area contributed by atoms with E-state index in [2.05, 4.69) is 0 Å². The Morgan fingerprint density at radius 3 is 1.84 bits per heavy atom. The highest BCUT2D eigenvalue weighted by molar-refractivity contribution is 5.86. The minimum absolute atomic E-state index is 0.00438. The third-order valence-corrected chi connectivity index (χ3v) is 7.34. The van der Waals surface area contributed by atoms with Crippen molar-refractivity contribution in [3.05, 3.63) is 52.7 Å². The molecule has 0 unspecified atom stereocenters. The van der Waals surface area contributed by atoms with E-state index in [1.54, 1.807) is 18.2 Å². The van der Waals surface area contributed by atoms with E-state index in [-0.39, 0.29) is 39.5 Å². The summed E-state index contributed by atoms with van der Waals surface area (Å²) < 4.78 is 33.8. The molecule has 15 heteroatoms. The second-order valence-electron chi connectivity index (χ2n) is 10.1. The number of aliphatic hydroxyl groups excluding tert-OH is 8. The Labute approximate surface area is 243 Å². The van der Waals surface area contributed by atoms with Crippen molar-refractivity contribution >= 4 is 11.0 Å². The van der Waals surface area contributed by atoms with Gasteiger partial charge in [-0.05, 0) is 12.1 Å². The quantitative estimate of drug-likeness (QED) is 0.136. The molecule has 3 heterocycles. The van der Waals surface area contributed by atoms with Crippen molar-refractivity contribution in [3.63, 3.8) is 0 Å². The maximum Gasteiger partial charge on any atom is 0.229 e. The van der Waals surface area contributed by atoms with Gasteiger partial charge in [-0.2, -0.15) is 0 Å². The number of rotatable bonds is 8. The average Bonchev–Trinajstić information content (AvgIpc) is 3.01. The van der Waals surface area contributed by atoms with Crippen LogP contribution in [-0.2, 0) is 9.47 Å². The first-order valence-electron chi connectivity index (χ1n) is 13.3. The average molecular weight is 609 g/mol. The van der Waals surface area contributed by atoms with Crippen LogP contribution >= 0.6 is 0 Å². The highest BCUT2D eigenvalue weighted by Gasteiger charge is 2.46. The molecule has 43 heavy (non-hydrogen) atoms. The van der Waals surface area contributed by atoms with E-state index in [9.17, 15) is 45.6 Å². The molecule has 2 saturated heterocycles. The van der Waals surface area contributed by atoms with Gasteiger partial charge in [0.25, 0.3) is 0 Å². The summed E-state index contributed by atoms with van der Waals surface area (Å²) in [6.45, 7) is -1.33. The van der Waals surface area contributed by atoms with E-state index in [1.807, 2.05) is 0 Å². The lowest BCUT2D eigenvalue weighted by atomic mass is 9.99. The summed E-state index contributed by atoms with van der Waals surface area (Å²) in [5, 5.41) is 80.1. The number of para-hydroxylation sites is 1. The predicted octanol–water partition coefficient (Wildman–Crippen LogP) is -2.17. The lowest BCUT2D eigenvalue weighted by Crippen LogP contribution is -2.60. The van der Waals surface area contributed by atoms with Gasteiger partial charge in [0.15, 0.2) is 5.43 Å². The zero-order chi connectivity index (χ0) is 31.0. The second kappa shape index (κ2) is 12.7. The highest BCUT2D eigenvalue weighted by Crippen LogP contribution is 2.37. The lowest BCUT2D eigenvalue weighted by Gasteiger charge is -2.39. The molecule has 2 aliphatic heterocycles. The van der Waals surface area contributed by atoms with Crippen LogP contribution in [0.25, 0.3) is 22.3 Å². The van der Waals surface area contributed by atoms with Gasteiger partial charge < -0.3 is 69.0 Å². The Kier molecular flexibility index (Phi) is 9.19. The minimum atomic E-state index is -1.74. The summed E-state index contributed by atoms with van der Waals surface area (Å²) in [5.41, 5.74) is -0.400. The first-order chi connectivity index (χ1) is 20.6. The third kappa shape index (κ3) is 5.92. The Morgan fingerprint density at radius 2 is 1.28 bits per heavy atom. The van der Waals surface area contributed by atoms with Gasteiger partial charge in [0.05, 0.1) is 25.9 Å². The van der Waals surface area contributed by atoms with Crippen LogP contribution in [0.3, 0.4) is 0 Å². The monoisotopic (exact) mass is 608 g/mol. The first kappa shape index (κ1) is 31.1. The van der Waals surface area contributed by atoms with Gasteiger partial charge in [0.2, 0.25) is 12.6 Å². The molecule has 3 aromatic rings. The van der Waals surface area contributed by atoms with Gasteiger partial charge >= 0.3 is 0 Å². The Morgan fingerprint density at radius 1 is 0.721 bits per heavy atom. The lowest BCUT2D eigenvalue weighted by molar-refractivity contribution is -0.277. The number of benzene rings is 2. The summed E-state index contributed by atoms with van der Waals surface area (Å²) >= 11 is 0. The van der Waals surface area contributed by atoms with Crippen LogP contribution in [0.1, 0.15) is 0 Å². The third-order valence-electron chi connectivity index (χ3n) is 7.34. The highest BCUT2D eigenvalue weighted by atomic mass is 16.7. The van der Waals surface area contributed by atoms with E-state index < -0.39 is 80.1 Å². The molecule has 2 aliphatic rings. The molecule has 15 nitrogen and oxygen atoms in total. The maximum absolute atomic E-state index is 13.5. The van der Waals surface area contributed by atoms with Crippen molar-refractivity contribution in [2.75, 3.05) is 20.3 Å². The molecule has 0 spiro atoms. The molecule has 8 N–H and O–H groups in total. The van der Waals surface area contributed by atoms with Crippen LogP contribution in [0.15, 0.2) is 51.7 Å². The van der Waals surface area contributed by atoms with Crippen LogP contribution in [0.5, 0.6) is 17.2 Å². The summed E-state index contributed by atoms with van der Waals surface area (Å²) in [4.78, 5) is 13.5. The van der Waals surface area contributed by atoms with Gasteiger partial charge in [-0.3, -0.25) is 4.79 Å². The number of ether oxygens (including phenoxy) is 5. The van der Waals surface area contributed by atoms with Gasteiger partial charge in [0.1, 0.15) is 82.8 Å². The molecule has 5 rings (SSSR count). The zero-order valence-electron chi connectivity index (χ0n) is 22.7. The molecular weight excluding hydrogens is 576 g/mol. The zero-order valence-corrected chi connectivity index (χ0v) is 22.7. The normalized spacial score (nSPS) is 32.9. The molecule has 2 fully saturated rings. The van der Waals surface area contributed by atoms with Crippen molar-refractivity contribution in [1.82, 2.24) is 0 Å². The number of fused-ring (bicyclic) bond motifs is 1. The molecule has 1 aromatic heterocycles. The molecule has 0 saturated carbocycles. The molecule has 0 radical (unpaired) electrons. The molecular formula is C28H32O15. The molecule has 10 atom stereocenters. The van der Waals surface area contributed by atoms with Crippen LogP contribution in [0, 0.1) is 0 Å². The van der Waals surface area contributed by atoms with E-state index in [0.717, 1.165) is 6.07 Å². The van der Waals surface area contributed by atoms with Gasteiger partial charge in [-0.25, -0.2) is 0 Å². The van der Waals surface area contributed by atoms with Crippen molar-refractivity contribution in [2.45, 2.75) is 61.4 Å². The SMILES string of the molecule is COc1cc(O[C@@H]2O[C@H](CO)[C@@H](O)[C@H](O)[C@H]2O)c2c(=O)cc(-c3ccccc3O[C@@H]3O[C@H](CO)[C@@H](O)[C@H](O)[C@H]3O)oc2c1. The van der Waals surface area contributed by atoms with Crippen LogP contribution in [0.2, 0.25) is 0 Å². The van der Waals surface area contributed by atoms with Crippen molar-refractivity contribution < 1.29 is 69.0 Å². The van der Waals surface area contributed by atoms with Gasteiger partial charge in [-0.1, -0.05) is 12.1 Å². The van der Waals surface area contributed by atoms with Crippen molar-refractivity contribution in [2.24, 2.45) is 0 Å². The largest absolute Gasteiger partial charge is 0.496 e. The Bertz CT molecular complexity index is 1470. The predicted molar refractivity (Wildman–Crippen MR) is 143 cm³/mol.